The third-order valence-corrected chi connectivity index (χ3v) is 4.47. The van der Waals surface area contributed by atoms with Gasteiger partial charge in [0.2, 0.25) is 11.8 Å². The van der Waals surface area contributed by atoms with Gasteiger partial charge in [0, 0.05) is 13.1 Å². The highest BCUT2D eigenvalue weighted by Crippen LogP contribution is 2.16. The van der Waals surface area contributed by atoms with E-state index >= 15 is 0 Å². The van der Waals surface area contributed by atoms with Gasteiger partial charge in [-0.05, 0) is 35.2 Å². The first kappa shape index (κ1) is 17.9. The normalized spacial score (nSPS) is 15.7. The van der Waals surface area contributed by atoms with Crippen LogP contribution in [0.3, 0.4) is 0 Å². The Morgan fingerprint density at radius 3 is 2.54 bits per heavy atom. The van der Waals surface area contributed by atoms with Crippen LogP contribution >= 0.6 is 0 Å². The van der Waals surface area contributed by atoms with Gasteiger partial charge in [-0.2, -0.15) is 0 Å². The van der Waals surface area contributed by atoms with Crippen molar-refractivity contribution in [3.63, 3.8) is 0 Å². The molecule has 1 atom stereocenters. The van der Waals surface area contributed by atoms with Crippen LogP contribution in [0.25, 0.3) is 0 Å². The molecule has 0 saturated heterocycles. The Balaban J connectivity index is 1.42. The second-order valence-electron chi connectivity index (χ2n) is 6.25. The summed E-state index contributed by atoms with van der Waals surface area (Å²) in [5.74, 6) is 0.401. The van der Waals surface area contributed by atoms with Crippen molar-refractivity contribution in [1.29, 1.82) is 0 Å². The standard InChI is InChI=1S/C20H23N3O3/c1-26-17-8-6-14(7-9-17)11-22-19(24)13-23-20(25)18-10-15-4-2-3-5-16(15)12-21-18/h2-9,18,21H,10-13H2,1H3,(H,22,24)(H,23,25)/t18-/m0/s1. The van der Waals surface area contributed by atoms with Crippen molar-refractivity contribution in [1.82, 2.24) is 16.0 Å². The summed E-state index contributed by atoms with van der Waals surface area (Å²) in [5.41, 5.74) is 3.36. The molecule has 1 aliphatic heterocycles. The number of amides is 2. The molecule has 3 N–H and O–H groups in total. The third kappa shape index (κ3) is 4.61. The van der Waals surface area contributed by atoms with Gasteiger partial charge in [-0.3, -0.25) is 9.59 Å². The fourth-order valence-electron chi connectivity index (χ4n) is 2.94. The minimum absolute atomic E-state index is 0.0329. The first-order chi connectivity index (χ1) is 12.7. The lowest BCUT2D eigenvalue weighted by atomic mass is 9.95. The Morgan fingerprint density at radius 2 is 1.81 bits per heavy atom. The van der Waals surface area contributed by atoms with Gasteiger partial charge in [-0.15, -0.1) is 0 Å². The van der Waals surface area contributed by atoms with Crippen molar-refractivity contribution in [3.05, 3.63) is 65.2 Å². The first-order valence-electron chi connectivity index (χ1n) is 8.63. The van der Waals surface area contributed by atoms with Crippen LogP contribution in [0.1, 0.15) is 16.7 Å². The maximum absolute atomic E-state index is 12.3. The molecule has 0 bridgehead atoms. The summed E-state index contributed by atoms with van der Waals surface area (Å²) < 4.78 is 5.10. The Hall–Kier alpha value is -2.86. The van der Waals surface area contributed by atoms with Gasteiger partial charge in [0.05, 0.1) is 19.7 Å². The van der Waals surface area contributed by atoms with E-state index in [1.165, 1.54) is 11.1 Å². The molecular weight excluding hydrogens is 330 g/mol. The number of carbonyl (C=O) groups excluding carboxylic acids is 2. The van der Waals surface area contributed by atoms with E-state index in [1.807, 2.05) is 42.5 Å². The highest BCUT2D eigenvalue weighted by atomic mass is 16.5. The average molecular weight is 353 g/mol. The van der Waals surface area contributed by atoms with E-state index < -0.39 is 0 Å². The van der Waals surface area contributed by atoms with Crippen molar-refractivity contribution in [2.24, 2.45) is 0 Å². The molecule has 0 saturated carbocycles. The van der Waals surface area contributed by atoms with Gasteiger partial charge in [0.1, 0.15) is 5.75 Å². The molecule has 3 rings (SSSR count). The Bertz CT molecular complexity index is 774. The molecule has 0 radical (unpaired) electrons. The van der Waals surface area contributed by atoms with E-state index in [2.05, 4.69) is 22.0 Å². The molecular formula is C20H23N3O3. The van der Waals surface area contributed by atoms with Crippen molar-refractivity contribution in [2.75, 3.05) is 13.7 Å². The fourth-order valence-corrected chi connectivity index (χ4v) is 2.94. The van der Waals surface area contributed by atoms with E-state index in [0.29, 0.717) is 19.5 Å². The molecule has 0 aliphatic carbocycles. The van der Waals surface area contributed by atoms with Gasteiger partial charge in [-0.1, -0.05) is 36.4 Å². The molecule has 2 aromatic carbocycles. The number of methoxy groups -OCH3 is 1. The quantitative estimate of drug-likeness (QED) is 0.728. The maximum atomic E-state index is 12.3. The number of nitrogens with one attached hydrogen (secondary N) is 3. The van der Waals surface area contributed by atoms with Crippen LogP contribution < -0.4 is 20.7 Å². The average Bonchev–Trinajstić information content (AvgIpc) is 2.70. The molecule has 0 spiro atoms. The van der Waals surface area contributed by atoms with Crippen molar-refractivity contribution < 1.29 is 14.3 Å². The zero-order valence-electron chi connectivity index (χ0n) is 14.7. The largest absolute Gasteiger partial charge is 0.497 e. The molecule has 2 amide bonds. The summed E-state index contributed by atoms with van der Waals surface area (Å²) in [6, 6.07) is 15.2. The lowest BCUT2D eigenvalue weighted by Gasteiger charge is -2.25. The topological polar surface area (TPSA) is 79.5 Å². The van der Waals surface area contributed by atoms with Gasteiger partial charge < -0.3 is 20.7 Å². The minimum Gasteiger partial charge on any atom is -0.497 e. The SMILES string of the molecule is COc1ccc(CNC(=O)CNC(=O)[C@@H]2Cc3ccccc3CN2)cc1. The van der Waals surface area contributed by atoms with Gasteiger partial charge in [0.25, 0.3) is 0 Å². The third-order valence-electron chi connectivity index (χ3n) is 4.47. The Morgan fingerprint density at radius 1 is 1.08 bits per heavy atom. The summed E-state index contributed by atoms with van der Waals surface area (Å²) in [6.45, 7) is 1.04. The van der Waals surface area contributed by atoms with E-state index in [1.54, 1.807) is 7.11 Å². The summed E-state index contributed by atoms with van der Waals surface area (Å²) in [4.78, 5) is 24.2. The van der Waals surface area contributed by atoms with Gasteiger partial charge in [0.15, 0.2) is 0 Å². The summed E-state index contributed by atoms with van der Waals surface area (Å²) in [5, 5.41) is 8.71. The Labute approximate surface area is 152 Å². The molecule has 1 aliphatic rings. The number of carbonyl (C=O) groups is 2. The Kier molecular flexibility index (Phi) is 5.86. The van der Waals surface area contributed by atoms with Crippen LogP contribution in [0.15, 0.2) is 48.5 Å². The fraction of sp³-hybridized carbons (Fsp3) is 0.300. The van der Waals surface area contributed by atoms with Crippen LogP contribution in [0.4, 0.5) is 0 Å². The number of hydrogen-bond acceptors (Lipinski definition) is 4. The van der Waals surface area contributed by atoms with Crippen LogP contribution in [0.5, 0.6) is 5.75 Å². The number of hydrogen-bond donors (Lipinski definition) is 3. The van der Waals surface area contributed by atoms with Gasteiger partial charge >= 0.3 is 0 Å². The zero-order valence-corrected chi connectivity index (χ0v) is 14.7. The van der Waals surface area contributed by atoms with Gasteiger partial charge in [-0.25, -0.2) is 0 Å². The number of ether oxygens (including phenoxy) is 1. The summed E-state index contributed by atoms with van der Waals surface area (Å²) in [7, 11) is 1.61. The minimum atomic E-state index is -0.306. The molecule has 6 heteroatoms. The van der Waals surface area contributed by atoms with Crippen molar-refractivity contribution in [3.8, 4) is 5.75 Å². The number of benzene rings is 2. The molecule has 1 heterocycles. The van der Waals surface area contributed by atoms with E-state index in [-0.39, 0.29) is 24.4 Å². The van der Waals surface area contributed by atoms with Crippen LogP contribution in [-0.2, 0) is 29.1 Å². The maximum Gasteiger partial charge on any atom is 0.239 e. The number of fused-ring (bicyclic) bond motifs is 1. The summed E-state index contributed by atoms with van der Waals surface area (Å²) in [6.07, 6.45) is 0.634. The molecule has 0 fully saturated rings. The zero-order chi connectivity index (χ0) is 18.4. The molecule has 6 nitrogen and oxygen atoms in total. The molecule has 2 aromatic rings. The predicted molar refractivity (Wildman–Crippen MR) is 98.6 cm³/mol. The number of rotatable bonds is 6. The second kappa shape index (κ2) is 8.49. The first-order valence-corrected chi connectivity index (χ1v) is 8.63. The van der Waals surface area contributed by atoms with E-state index in [0.717, 1.165) is 11.3 Å². The van der Waals surface area contributed by atoms with Crippen molar-refractivity contribution >= 4 is 11.8 Å². The van der Waals surface area contributed by atoms with Crippen LogP contribution in [0, 0.1) is 0 Å². The smallest absolute Gasteiger partial charge is 0.239 e. The van der Waals surface area contributed by atoms with E-state index in [9.17, 15) is 9.59 Å². The molecule has 26 heavy (non-hydrogen) atoms. The molecule has 0 aromatic heterocycles. The molecule has 136 valence electrons. The van der Waals surface area contributed by atoms with E-state index in [4.69, 9.17) is 4.74 Å². The lowest BCUT2D eigenvalue weighted by molar-refractivity contribution is -0.127. The van der Waals surface area contributed by atoms with Crippen LogP contribution in [0.2, 0.25) is 0 Å². The van der Waals surface area contributed by atoms with Crippen molar-refractivity contribution in [2.45, 2.75) is 25.6 Å². The van der Waals surface area contributed by atoms with Crippen LogP contribution in [-0.4, -0.2) is 31.5 Å². The lowest BCUT2D eigenvalue weighted by Crippen LogP contribution is -2.49. The highest BCUT2D eigenvalue weighted by molar-refractivity contribution is 5.87. The molecule has 0 unspecified atom stereocenters. The summed E-state index contributed by atoms with van der Waals surface area (Å²) >= 11 is 0. The predicted octanol–water partition coefficient (Wildman–Crippen LogP) is 1.14. The second-order valence-corrected chi connectivity index (χ2v) is 6.25. The monoisotopic (exact) mass is 353 g/mol. The highest BCUT2D eigenvalue weighted by Gasteiger charge is 2.23.